The van der Waals surface area contributed by atoms with Crippen molar-refractivity contribution >= 4 is 0 Å². The number of nitrogens with zero attached hydrogens (tertiary/aromatic N) is 2. The Morgan fingerprint density at radius 2 is 1.71 bits per heavy atom. The summed E-state index contributed by atoms with van der Waals surface area (Å²) in [6.07, 6.45) is 5.38. The Morgan fingerprint density at radius 1 is 0.929 bits per heavy atom. The van der Waals surface area contributed by atoms with Crippen molar-refractivity contribution in [2.24, 2.45) is 17.8 Å². The fourth-order valence-electron chi connectivity index (χ4n) is 5.35. The van der Waals surface area contributed by atoms with Gasteiger partial charge in [0, 0.05) is 32.8 Å². The Labute approximate surface area is 168 Å². The highest BCUT2D eigenvalue weighted by atomic mass is 16.6. The van der Waals surface area contributed by atoms with Gasteiger partial charge in [-0.25, -0.2) is 0 Å². The lowest BCUT2D eigenvalue weighted by Gasteiger charge is -2.26. The van der Waals surface area contributed by atoms with E-state index < -0.39 is 0 Å². The monoisotopic (exact) mass is 386 g/mol. The minimum Gasteiger partial charge on any atom is -0.486 e. The summed E-state index contributed by atoms with van der Waals surface area (Å²) in [7, 11) is 0. The predicted molar refractivity (Wildman–Crippen MR) is 109 cm³/mol. The molecule has 0 N–H and O–H groups in total. The number of hydrogen-bond acceptors (Lipinski definition) is 5. The summed E-state index contributed by atoms with van der Waals surface area (Å²) >= 11 is 0. The van der Waals surface area contributed by atoms with Gasteiger partial charge in [-0.15, -0.1) is 0 Å². The molecule has 2 saturated heterocycles. The SMILES string of the molecule is c1cc2c(cc1CN1C[C@@H]3[C@H](COCCCN4CCCCC4)[C@@H]3C1)OCCO2. The van der Waals surface area contributed by atoms with Crippen LogP contribution in [0.3, 0.4) is 0 Å². The highest BCUT2D eigenvalue weighted by Gasteiger charge is 2.55. The molecule has 0 spiro atoms. The topological polar surface area (TPSA) is 34.2 Å². The van der Waals surface area contributed by atoms with E-state index >= 15 is 0 Å². The summed E-state index contributed by atoms with van der Waals surface area (Å²) in [5.41, 5.74) is 1.33. The summed E-state index contributed by atoms with van der Waals surface area (Å²) in [6, 6.07) is 6.39. The van der Waals surface area contributed by atoms with E-state index in [1.54, 1.807) is 0 Å². The van der Waals surface area contributed by atoms with E-state index in [-0.39, 0.29) is 0 Å². The normalized spacial score (nSPS) is 29.6. The highest BCUT2D eigenvalue weighted by Crippen LogP contribution is 2.52. The molecule has 3 heterocycles. The van der Waals surface area contributed by atoms with Crippen molar-refractivity contribution in [3.63, 3.8) is 0 Å². The van der Waals surface area contributed by atoms with Crippen molar-refractivity contribution in [2.75, 3.05) is 59.2 Å². The van der Waals surface area contributed by atoms with Crippen LogP contribution in [0.4, 0.5) is 0 Å². The Morgan fingerprint density at radius 3 is 2.54 bits per heavy atom. The van der Waals surface area contributed by atoms with Crippen LogP contribution in [0.15, 0.2) is 18.2 Å². The molecule has 154 valence electrons. The van der Waals surface area contributed by atoms with E-state index in [4.69, 9.17) is 14.2 Å². The summed E-state index contributed by atoms with van der Waals surface area (Å²) in [4.78, 5) is 5.20. The molecule has 4 aliphatic rings. The van der Waals surface area contributed by atoms with Crippen LogP contribution in [0.25, 0.3) is 0 Å². The molecule has 5 nitrogen and oxygen atoms in total. The number of piperidine rings is 2. The third kappa shape index (κ3) is 4.32. The number of hydrogen-bond donors (Lipinski definition) is 0. The molecule has 1 aromatic carbocycles. The third-order valence-electron chi connectivity index (χ3n) is 6.98. The zero-order valence-electron chi connectivity index (χ0n) is 17.0. The molecule has 1 aromatic rings. The molecule has 3 atom stereocenters. The van der Waals surface area contributed by atoms with Gasteiger partial charge < -0.3 is 19.1 Å². The maximum atomic E-state index is 6.03. The van der Waals surface area contributed by atoms with Crippen LogP contribution in [0.5, 0.6) is 11.5 Å². The van der Waals surface area contributed by atoms with Gasteiger partial charge in [-0.2, -0.15) is 0 Å². The van der Waals surface area contributed by atoms with Crippen LogP contribution >= 0.6 is 0 Å². The summed E-state index contributed by atoms with van der Waals surface area (Å²) in [5, 5.41) is 0. The van der Waals surface area contributed by atoms with Gasteiger partial charge in [0.25, 0.3) is 0 Å². The summed E-state index contributed by atoms with van der Waals surface area (Å²) in [6.45, 7) is 10.5. The van der Waals surface area contributed by atoms with Gasteiger partial charge in [0.2, 0.25) is 0 Å². The summed E-state index contributed by atoms with van der Waals surface area (Å²) < 4.78 is 17.4. The minimum atomic E-state index is 0.656. The van der Waals surface area contributed by atoms with Crippen LogP contribution in [-0.2, 0) is 11.3 Å². The Bertz CT molecular complexity index is 649. The van der Waals surface area contributed by atoms with Gasteiger partial charge >= 0.3 is 0 Å². The molecular formula is C23H34N2O3. The second-order valence-electron chi connectivity index (χ2n) is 8.99. The Kier molecular flexibility index (Phi) is 5.75. The average Bonchev–Trinajstić information content (AvgIpc) is 3.19. The van der Waals surface area contributed by atoms with Gasteiger partial charge in [0.05, 0.1) is 6.61 Å². The fraction of sp³-hybridized carbons (Fsp3) is 0.739. The first kappa shape index (κ1) is 18.7. The molecule has 3 fully saturated rings. The predicted octanol–water partition coefficient (Wildman–Crippen LogP) is 3.03. The highest BCUT2D eigenvalue weighted by molar-refractivity contribution is 5.43. The molecule has 28 heavy (non-hydrogen) atoms. The van der Waals surface area contributed by atoms with E-state index in [2.05, 4.69) is 28.0 Å². The number of rotatable bonds is 8. The first-order valence-corrected chi connectivity index (χ1v) is 11.3. The number of benzene rings is 1. The molecule has 1 saturated carbocycles. The maximum absolute atomic E-state index is 6.03. The van der Waals surface area contributed by atoms with Crippen molar-refractivity contribution in [3.8, 4) is 11.5 Å². The van der Waals surface area contributed by atoms with Crippen molar-refractivity contribution in [3.05, 3.63) is 23.8 Å². The molecule has 0 bridgehead atoms. The molecule has 3 aliphatic heterocycles. The Hall–Kier alpha value is -1.30. The van der Waals surface area contributed by atoms with Crippen LogP contribution in [0.1, 0.15) is 31.2 Å². The van der Waals surface area contributed by atoms with Crippen LogP contribution < -0.4 is 9.47 Å². The third-order valence-corrected chi connectivity index (χ3v) is 6.98. The van der Waals surface area contributed by atoms with Gasteiger partial charge in [-0.1, -0.05) is 12.5 Å². The molecule has 5 heteroatoms. The van der Waals surface area contributed by atoms with Crippen LogP contribution in [0, 0.1) is 17.8 Å². The van der Waals surface area contributed by atoms with E-state index in [9.17, 15) is 0 Å². The van der Waals surface area contributed by atoms with Crippen molar-refractivity contribution < 1.29 is 14.2 Å². The maximum Gasteiger partial charge on any atom is 0.161 e. The zero-order chi connectivity index (χ0) is 18.8. The number of fused-ring (bicyclic) bond motifs is 2. The Balaban J connectivity index is 0.981. The van der Waals surface area contributed by atoms with E-state index in [0.717, 1.165) is 49.0 Å². The van der Waals surface area contributed by atoms with E-state index in [0.29, 0.717) is 13.2 Å². The lowest BCUT2D eigenvalue weighted by Crippen LogP contribution is -2.31. The standard InChI is InChI=1S/C23H34N2O3/c1-2-7-24(8-3-1)9-4-10-26-17-21-19-15-25(16-20(19)21)14-18-5-6-22-23(13-18)28-12-11-27-22/h5-6,13,19-21H,1-4,7-12,14-17H2/t19-,20+,21-. The first-order valence-electron chi connectivity index (χ1n) is 11.3. The van der Waals surface area contributed by atoms with E-state index in [1.807, 2.05) is 0 Å². The molecule has 0 aromatic heterocycles. The van der Waals surface area contributed by atoms with Crippen LogP contribution in [0.2, 0.25) is 0 Å². The van der Waals surface area contributed by atoms with Gasteiger partial charge in [-0.05, 0) is 67.8 Å². The van der Waals surface area contributed by atoms with Gasteiger partial charge in [0.15, 0.2) is 11.5 Å². The minimum absolute atomic E-state index is 0.656. The largest absolute Gasteiger partial charge is 0.486 e. The number of likely N-dealkylation sites (tertiary alicyclic amines) is 2. The molecule has 0 radical (unpaired) electrons. The van der Waals surface area contributed by atoms with Crippen molar-refractivity contribution in [1.82, 2.24) is 9.80 Å². The molecular weight excluding hydrogens is 352 g/mol. The lowest BCUT2D eigenvalue weighted by atomic mass is 10.1. The lowest BCUT2D eigenvalue weighted by molar-refractivity contribution is 0.0967. The quantitative estimate of drug-likeness (QED) is 0.642. The smallest absolute Gasteiger partial charge is 0.161 e. The second kappa shape index (κ2) is 8.60. The first-order chi connectivity index (χ1) is 13.9. The van der Waals surface area contributed by atoms with Crippen molar-refractivity contribution in [1.29, 1.82) is 0 Å². The second-order valence-corrected chi connectivity index (χ2v) is 8.99. The average molecular weight is 387 g/mol. The molecule has 0 amide bonds. The number of ether oxygens (including phenoxy) is 3. The van der Waals surface area contributed by atoms with Crippen LogP contribution in [-0.4, -0.2) is 69.0 Å². The molecule has 1 aliphatic carbocycles. The van der Waals surface area contributed by atoms with Gasteiger partial charge in [-0.3, -0.25) is 4.90 Å². The van der Waals surface area contributed by atoms with Gasteiger partial charge in [0.1, 0.15) is 13.2 Å². The molecule has 0 unspecified atom stereocenters. The zero-order valence-corrected chi connectivity index (χ0v) is 17.0. The summed E-state index contributed by atoms with van der Waals surface area (Å²) in [5.74, 6) is 4.32. The van der Waals surface area contributed by atoms with E-state index in [1.165, 1.54) is 64.0 Å². The van der Waals surface area contributed by atoms with Crippen molar-refractivity contribution in [2.45, 2.75) is 32.2 Å². The molecule has 5 rings (SSSR count). The fourth-order valence-corrected chi connectivity index (χ4v) is 5.35.